The number of thiol groups is 1. The summed E-state index contributed by atoms with van der Waals surface area (Å²) in [5.41, 5.74) is 0.630. The number of hydrogen-bond acceptors (Lipinski definition) is 3. The van der Waals surface area contributed by atoms with Gasteiger partial charge in [0.05, 0.1) is 0 Å². The lowest BCUT2D eigenvalue weighted by atomic mass is 10.3. The summed E-state index contributed by atoms with van der Waals surface area (Å²) >= 11 is 3.72. The molecular formula is C5H8OS2. The number of carbonyl (C=O) groups is 1. The van der Waals surface area contributed by atoms with Crippen molar-refractivity contribution >= 4 is 27.6 Å². The smallest absolute Gasteiger partial charge is 0.224 e. The summed E-state index contributed by atoms with van der Waals surface area (Å²) in [7, 11) is 0.913. The van der Waals surface area contributed by atoms with E-state index in [1.165, 1.54) is 0 Å². The van der Waals surface area contributed by atoms with Crippen molar-refractivity contribution in [2.75, 3.05) is 0 Å². The van der Waals surface area contributed by atoms with E-state index >= 15 is 0 Å². The maximum absolute atomic E-state index is 10.5. The van der Waals surface area contributed by atoms with Crippen molar-refractivity contribution in [1.29, 1.82) is 0 Å². The quantitative estimate of drug-likeness (QED) is 0.367. The van der Waals surface area contributed by atoms with E-state index in [0.29, 0.717) is 12.0 Å². The van der Waals surface area contributed by atoms with Crippen LogP contribution in [0.2, 0.25) is 0 Å². The topological polar surface area (TPSA) is 17.1 Å². The van der Waals surface area contributed by atoms with E-state index in [4.69, 9.17) is 0 Å². The molecule has 0 heterocycles. The Labute approximate surface area is 58.3 Å². The van der Waals surface area contributed by atoms with E-state index < -0.39 is 0 Å². The van der Waals surface area contributed by atoms with Crippen LogP contribution in [0.3, 0.4) is 0 Å². The Kier molecular flexibility index (Phi) is 4.09. The Morgan fingerprint density at radius 2 is 2.38 bits per heavy atom. The average molecular weight is 148 g/mol. The van der Waals surface area contributed by atoms with E-state index in [9.17, 15) is 4.79 Å². The lowest BCUT2D eigenvalue weighted by Crippen LogP contribution is -1.89. The van der Waals surface area contributed by atoms with Gasteiger partial charge >= 0.3 is 0 Å². The van der Waals surface area contributed by atoms with Gasteiger partial charge in [0.25, 0.3) is 0 Å². The minimum absolute atomic E-state index is 0.0316. The van der Waals surface area contributed by atoms with Gasteiger partial charge in [-0.2, -0.15) is 0 Å². The highest BCUT2D eigenvalue weighted by molar-refractivity contribution is 8.75. The molecule has 0 saturated carbocycles. The molecule has 0 spiro atoms. The Morgan fingerprint density at radius 1 is 1.88 bits per heavy atom. The molecular weight excluding hydrogens is 140 g/mol. The standard InChI is InChI=1S/C5H8OS2/c1-3-4(2)5(6)8-7/h7H,2-3H2,1H3. The number of hydrogen-bond donors (Lipinski definition) is 1. The monoisotopic (exact) mass is 148 g/mol. The van der Waals surface area contributed by atoms with E-state index in [2.05, 4.69) is 18.2 Å². The highest BCUT2D eigenvalue weighted by Gasteiger charge is 2.00. The molecule has 0 aromatic carbocycles. The van der Waals surface area contributed by atoms with Crippen molar-refractivity contribution in [3.8, 4) is 0 Å². The van der Waals surface area contributed by atoms with Gasteiger partial charge in [0, 0.05) is 0 Å². The van der Waals surface area contributed by atoms with Gasteiger partial charge in [-0.25, -0.2) is 0 Å². The Bertz CT molecular complexity index is 95.0. The van der Waals surface area contributed by atoms with Crippen LogP contribution in [0.5, 0.6) is 0 Å². The summed E-state index contributed by atoms with van der Waals surface area (Å²) in [6.07, 6.45) is 0.715. The summed E-state index contributed by atoms with van der Waals surface area (Å²) < 4.78 is 0. The van der Waals surface area contributed by atoms with Gasteiger partial charge in [0.1, 0.15) is 0 Å². The molecule has 0 N–H and O–H groups in total. The SMILES string of the molecule is C=C(CC)C(=O)SS. The van der Waals surface area contributed by atoms with E-state index in [1.54, 1.807) is 0 Å². The van der Waals surface area contributed by atoms with Crippen LogP contribution in [0.25, 0.3) is 0 Å². The lowest BCUT2D eigenvalue weighted by Gasteiger charge is -1.92. The minimum atomic E-state index is -0.0316. The number of carbonyl (C=O) groups excluding carboxylic acids is 1. The molecule has 46 valence electrons. The molecule has 0 fully saturated rings. The molecule has 0 aromatic rings. The zero-order chi connectivity index (χ0) is 6.57. The van der Waals surface area contributed by atoms with Crippen molar-refractivity contribution in [2.45, 2.75) is 13.3 Å². The number of rotatable bonds is 2. The van der Waals surface area contributed by atoms with Crippen molar-refractivity contribution in [1.82, 2.24) is 0 Å². The second kappa shape index (κ2) is 4.04. The summed E-state index contributed by atoms with van der Waals surface area (Å²) in [6.45, 7) is 5.42. The van der Waals surface area contributed by atoms with Crippen LogP contribution in [0.4, 0.5) is 0 Å². The van der Waals surface area contributed by atoms with Gasteiger partial charge in [-0.15, -0.1) is 11.7 Å². The third-order valence-corrected chi connectivity index (χ3v) is 1.75. The second-order valence-corrected chi connectivity index (χ2v) is 2.44. The molecule has 0 aliphatic rings. The molecule has 0 rings (SSSR count). The molecule has 0 radical (unpaired) electrons. The molecule has 0 aliphatic heterocycles. The van der Waals surface area contributed by atoms with Crippen LogP contribution in [0.1, 0.15) is 13.3 Å². The fourth-order valence-corrected chi connectivity index (χ4v) is 0.870. The summed E-state index contributed by atoms with van der Waals surface area (Å²) in [4.78, 5) is 10.5. The van der Waals surface area contributed by atoms with Gasteiger partial charge in [-0.3, -0.25) is 4.79 Å². The van der Waals surface area contributed by atoms with E-state index in [0.717, 1.165) is 10.8 Å². The van der Waals surface area contributed by atoms with Gasteiger partial charge in [-0.05, 0) is 22.8 Å². The van der Waals surface area contributed by atoms with Crippen LogP contribution in [-0.4, -0.2) is 5.12 Å². The fraction of sp³-hybridized carbons (Fsp3) is 0.400. The maximum atomic E-state index is 10.5. The fourth-order valence-electron chi connectivity index (χ4n) is 0.209. The molecule has 0 unspecified atom stereocenters. The Morgan fingerprint density at radius 3 is 2.50 bits per heavy atom. The normalized spacial score (nSPS) is 8.75. The van der Waals surface area contributed by atoms with Crippen LogP contribution in [-0.2, 0) is 4.79 Å². The predicted molar refractivity (Wildman–Crippen MR) is 41.0 cm³/mol. The molecule has 1 nitrogen and oxygen atoms in total. The third-order valence-electron chi connectivity index (χ3n) is 0.798. The van der Waals surface area contributed by atoms with Gasteiger partial charge in [0.15, 0.2) is 0 Å². The molecule has 0 saturated heterocycles. The molecule has 0 aromatic heterocycles. The lowest BCUT2D eigenvalue weighted by molar-refractivity contribution is -0.107. The molecule has 3 heteroatoms. The Hall–Kier alpha value is 0.110. The summed E-state index contributed by atoms with van der Waals surface area (Å²) in [5.74, 6) is 0. The van der Waals surface area contributed by atoms with Crippen molar-refractivity contribution in [3.63, 3.8) is 0 Å². The third kappa shape index (κ3) is 2.43. The van der Waals surface area contributed by atoms with E-state index in [1.807, 2.05) is 6.92 Å². The molecule has 0 bridgehead atoms. The zero-order valence-electron chi connectivity index (χ0n) is 4.68. The summed E-state index contributed by atoms with van der Waals surface area (Å²) in [5, 5.41) is -0.0316. The van der Waals surface area contributed by atoms with Crippen LogP contribution >= 0.6 is 22.5 Å². The minimum Gasteiger partial charge on any atom is -0.281 e. The van der Waals surface area contributed by atoms with Gasteiger partial charge in [-0.1, -0.05) is 13.5 Å². The van der Waals surface area contributed by atoms with Crippen molar-refractivity contribution in [2.24, 2.45) is 0 Å². The average Bonchev–Trinajstić information content (AvgIpc) is 1.84. The first-order chi connectivity index (χ1) is 3.72. The first-order valence-corrected chi connectivity index (χ1v) is 4.12. The largest absolute Gasteiger partial charge is 0.281 e. The summed E-state index contributed by atoms with van der Waals surface area (Å²) in [6, 6.07) is 0. The van der Waals surface area contributed by atoms with Crippen LogP contribution < -0.4 is 0 Å². The first kappa shape index (κ1) is 8.11. The molecule has 0 atom stereocenters. The van der Waals surface area contributed by atoms with E-state index in [-0.39, 0.29) is 5.12 Å². The molecule has 0 amide bonds. The second-order valence-electron chi connectivity index (χ2n) is 1.34. The van der Waals surface area contributed by atoms with Crippen molar-refractivity contribution < 1.29 is 4.79 Å². The predicted octanol–water partition coefficient (Wildman–Crippen LogP) is 2.06. The Balaban J connectivity index is 3.64. The van der Waals surface area contributed by atoms with Crippen LogP contribution in [0.15, 0.2) is 12.2 Å². The first-order valence-electron chi connectivity index (χ1n) is 2.26. The molecule has 8 heavy (non-hydrogen) atoms. The van der Waals surface area contributed by atoms with Crippen LogP contribution in [0, 0.1) is 0 Å². The van der Waals surface area contributed by atoms with Crippen molar-refractivity contribution in [3.05, 3.63) is 12.2 Å². The molecule has 0 aliphatic carbocycles. The maximum Gasteiger partial charge on any atom is 0.224 e. The van der Waals surface area contributed by atoms with Gasteiger partial charge < -0.3 is 0 Å². The zero-order valence-corrected chi connectivity index (χ0v) is 6.39. The highest BCUT2D eigenvalue weighted by Crippen LogP contribution is 2.13. The highest BCUT2D eigenvalue weighted by atomic mass is 33.1. The van der Waals surface area contributed by atoms with Gasteiger partial charge in [0.2, 0.25) is 5.12 Å².